The summed E-state index contributed by atoms with van der Waals surface area (Å²) in [5, 5.41) is 4.92. The van der Waals surface area contributed by atoms with E-state index in [2.05, 4.69) is 221 Å². The lowest BCUT2D eigenvalue weighted by Gasteiger charge is -2.28. The van der Waals surface area contributed by atoms with Crippen LogP contribution in [0.1, 0.15) is 48.6 Å². The van der Waals surface area contributed by atoms with Gasteiger partial charge in [0.15, 0.2) is 5.82 Å². The van der Waals surface area contributed by atoms with E-state index in [9.17, 15) is 0 Å². The van der Waals surface area contributed by atoms with Crippen molar-refractivity contribution in [3.05, 3.63) is 228 Å². The van der Waals surface area contributed by atoms with Crippen LogP contribution < -0.4 is 0 Å². The van der Waals surface area contributed by atoms with Gasteiger partial charge >= 0.3 is 0 Å². The van der Waals surface area contributed by atoms with Gasteiger partial charge in [-0.3, -0.25) is 0 Å². The first-order valence-electron chi connectivity index (χ1n) is 21.3. The summed E-state index contributed by atoms with van der Waals surface area (Å²) >= 11 is 0. The van der Waals surface area contributed by atoms with Gasteiger partial charge in [-0.15, -0.1) is 0 Å². The standard InChI is InChI=1S/C59H42N2/c1-58(2)50-34-30-37-17-10-11-22-42(37)55(50)47-31-29-39(35-52(47)58)41-32-33-45(44-24-13-12-23-43(41)44)57-60-53(38-18-6-4-7-19-38)36-54(61-57)48-26-16-28-51-56(48)46-25-14-15-27-49(46)59(51,3)40-20-8-5-9-21-40/h4-36H,1-3H3. The molecule has 10 aromatic rings. The lowest BCUT2D eigenvalue weighted by molar-refractivity contribution is 0.661. The molecule has 61 heavy (non-hydrogen) atoms. The fourth-order valence-electron chi connectivity index (χ4n) is 10.7. The van der Waals surface area contributed by atoms with Crippen molar-refractivity contribution in [3.8, 4) is 67.3 Å². The zero-order valence-corrected chi connectivity index (χ0v) is 34.4. The highest BCUT2D eigenvalue weighted by molar-refractivity contribution is 6.06. The van der Waals surface area contributed by atoms with Crippen LogP contribution in [0.5, 0.6) is 0 Å². The molecule has 2 aliphatic rings. The number of aromatic nitrogens is 2. The number of hydrogen-bond donors (Lipinski definition) is 0. The molecule has 1 atom stereocenters. The summed E-state index contributed by atoms with van der Waals surface area (Å²) < 4.78 is 0. The Bertz CT molecular complexity index is 3400. The van der Waals surface area contributed by atoms with Gasteiger partial charge in [-0.1, -0.05) is 196 Å². The smallest absolute Gasteiger partial charge is 0.161 e. The number of fused-ring (bicyclic) bond motifs is 9. The molecule has 0 radical (unpaired) electrons. The number of nitrogens with zero attached hydrogens (tertiary/aromatic N) is 2. The van der Waals surface area contributed by atoms with Crippen LogP contribution in [0, 0.1) is 0 Å². The lowest BCUT2D eigenvalue weighted by Crippen LogP contribution is -2.22. The van der Waals surface area contributed by atoms with Crippen LogP contribution in [0.15, 0.2) is 200 Å². The second kappa shape index (κ2) is 13.3. The van der Waals surface area contributed by atoms with Gasteiger partial charge in [-0.05, 0) is 108 Å². The Morgan fingerprint density at radius 2 is 0.951 bits per heavy atom. The van der Waals surface area contributed by atoms with E-state index in [0.717, 1.165) is 33.5 Å². The van der Waals surface area contributed by atoms with Crippen molar-refractivity contribution < 1.29 is 0 Å². The molecule has 0 aliphatic heterocycles. The number of rotatable bonds is 5. The van der Waals surface area contributed by atoms with Crippen LogP contribution in [-0.4, -0.2) is 9.97 Å². The summed E-state index contributed by atoms with van der Waals surface area (Å²) in [5.74, 6) is 0.714. The summed E-state index contributed by atoms with van der Waals surface area (Å²) in [7, 11) is 0. The molecule has 0 bridgehead atoms. The molecule has 1 heterocycles. The first kappa shape index (κ1) is 35.5. The molecule has 1 unspecified atom stereocenters. The fraction of sp³-hybridized carbons (Fsp3) is 0.0847. The molecular weight excluding hydrogens is 737 g/mol. The normalized spacial score (nSPS) is 15.7. The second-order valence-electron chi connectivity index (χ2n) is 17.4. The molecule has 2 nitrogen and oxygen atoms in total. The van der Waals surface area contributed by atoms with Crippen molar-refractivity contribution in [1.82, 2.24) is 9.97 Å². The summed E-state index contributed by atoms with van der Waals surface area (Å²) in [6, 6.07) is 73.0. The molecule has 0 saturated carbocycles. The predicted molar refractivity (Wildman–Crippen MR) is 254 cm³/mol. The number of benzene rings is 9. The SMILES string of the molecule is CC1(C)c2cc(-c3ccc(-c4nc(-c5ccccc5)cc(-c5cccc6c5-c5ccccc5C6(C)c5ccccc5)n4)c4ccccc34)ccc2-c2c1ccc1ccccc21. The van der Waals surface area contributed by atoms with Crippen molar-refractivity contribution in [3.63, 3.8) is 0 Å². The molecule has 12 rings (SSSR count). The van der Waals surface area contributed by atoms with Crippen molar-refractivity contribution in [2.24, 2.45) is 0 Å². The van der Waals surface area contributed by atoms with Gasteiger partial charge in [-0.25, -0.2) is 9.97 Å². The molecule has 0 amide bonds. The highest BCUT2D eigenvalue weighted by Crippen LogP contribution is 2.56. The van der Waals surface area contributed by atoms with Gasteiger partial charge in [0.05, 0.1) is 11.4 Å². The zero-order valence-electron chi connectivity index (χ0n) is 34.4. The Morgan fingerprint density at radius 1 is 0.344 bits per heavy atom. The average molecular weight is 779 g/mol. The van der Waals surface area contributed by atoms with Gasteiger partial charge in [0.2, 0.25) is 0 Å². The molecule has 0 spiro atoms. The molecule has 0 saturated heterocycles. The van der Waals surface area contributed by atoms with Gasteiger partial charge in [0, 0.05) is 27.5 Å². The topological polar surface area (TPSA) is 25.8 Å². The second-order valence-corrected chi connectivity index (χ2v) is 17.4. The van der Waals surface area contributed by atoms with Gasteiger partial charge in [-0.2, -0.15) is 0 Å². The molecule has 288 valence electrons. The Morgan fingerprint density at radius 3 is 1.77 bits per heavy atom. The van der Waals surface area contributed by atoms with Crippen molar-refractivity contribution in [1.29, 1.82) is 0 Å². The highest BCUT2D eigenvalue weighted by Gasteiger charge is 2.42. The van der Waals surface area contributed by atoms with E-state index in [0.29, 0.717) is 5.82 Å². The quantitative estimate of drug-likeness (QED) is 0.174. The van der Waals surface area contributed by atoms with E-state index in [1.807, 2.05) is 0 Å². The monoisotopic (exact) mass is 778 g/mol. The molecule has 0 fully saturated rings. The molecule has 9 aromatic carbocycles. The average Bonchev–Trinajstić information content (AvgIpc) is 3.73. The molecular formula is C59H42N2. The minimum Gasteiger partial charge on any atom is -0.228 e. The molecule has 0 N–H and O–H groups in total. The van der Waals surface area contributed by atoms with E-state index in [1.165, 1.54) is 77.4 Å². The first-order chi connectivity index (χ1) is 29.9. The van der Waals surface area contributed by atoms with Crippen LogP contribution >= 0.6 is 0 Å². The Labute approximate surface area is 356 Å². The minimum atomic E-state index is -0.309. The minimum absolute atomic E-state index is 0.126. The van der Waals surface area contributed by atoms with Crippen LogP contribution in [0.25, 0.3) is 88.8 Å². The van der Waals surface area contributed by atoms with Crippen LogP contribution in [0.4, 0.5) is 0 Å². The maximum Gasteiger partial charge on any atom is 0.161 e. The summed E-state index contributed by atoms with van der Waals surface area (Å²) in [5.41, 5.74) is 18.8. The Balaban J connectivity index is 1.04. The predicted octanol–water partition coefficient (Wildman–Crippen LogP) is 15.1. The maximum absolute atomic E-state index is 5.53. The zero-order chi connectivity index (χ0) is 40.9. The highest BCUT2D eigenvalue weighted by atomic mass is 14.9. The molecule has 1 aromatic heterocycles. The van der Waals surface area contributed by atoms with E-state index < -0.39 is 0 Å². The van der Waals surface area contributed by atoms with E-state index in [4.69, 9.17) is 9.97 Å². The van der Waals surface area contributed by atoms with Crippen LogP contribution in [0.3, 0.4) is 0 Å². The third-order valence-electron chi connectivity index (χ3n) is 13.8. The largest absolute Gasteiger partial charge is 0.228 e. The van der Waals surface area contributed by atoms with Gasteiger partial charge in [0.1, 0.15) is 0 Å². The van der Waals surface area contributed by atoms with Crippen LogP contribution in [-0.2, 0) is 10.8 Å². The summed E-state index contributed by atoms with van der Waals surface area (Å²) in [4.78, 5) is 10.9. The van der Waals surface area contributed by atoms with Crippen molar-refractivity contribution in [2.75, 3.05) is 0 Å². The Hall–Kier alpha value is -7.42. The van der Waals surface area contributed by atoms with E-state index >= 15 is 0 Å². The third kappa shape index (κ3) is 5.22. The van der Waals surface area contributed by atoms with E-state index in [-0.39, 0.29) is 10.8 Å². The lowest BCUT2D eigenvalue weighted by atomic mass is 9.74. The third-order valence-corrected chi connectivity index (χ3v) is 13.8. The maximum atomic E-state index is 5.53. The Kier molecular flexibility index (Phi) is 7.74. The first-order valence-corrected chi connectivity index (χ1v) is 21.3. The van der Waals surface area contributed by atoms with Gasteiger partial charge < -0.3 is 0 Å². The molecule has 2 heteroatoms. The number of hydrogen-bond acceptors (Lipinski definition) is 2. The summed E-state index contributed by atoms with van der Waals surface area (Å²) in [6.45, 7) is 7.11. The van der Waals surface area contributed by atoms with Crippen molar-refractivity contribution >= 4 is 21.5 Å². The summed E-state index contributed by atoms with van der Waals surface area (Å²) in [6.07, 6.45) is 0. The van der Waals surface area contributed by atoms with E-state index in [1.54, 1.807) is 0 Å². The van der Waals surface area contributed by atoms with Gasteiger partial charge in [0.25, 0.3) is 0 Å². The van der Waals surface area contributed by atoms with Crippen molar-refractivity contribution in [2.45, 2.75) is 31.6 Å². The fourth-order valence-corrected chi connectivity index (χ4v) is 10.7. The molecule has 2 aliphatic carbocycles. The van der Waals surface area contributed by atoms with Crippen LogP contribution in [0.2, 0.25) is 0 Å².